The third-order valence-electron chi connectivity index (χ3n) is 3.90. The molecule has 0 unspecified atom stereocenters. The smallest absolute Gasteiger partial charge is 0.187 e. The number of carbonyl (C=O) groups excluding carboxylic acids is 2. The van der Waals surface area contributed by atoms with E-state index in [-0.39, 0.29) is 11.6 Å². The van der Waals surface area contributed by atoms with Crippen LogP contribution in [0.15, 0.2) is 91.1 Å². The summed E-state index contributed by atoms with van der Waals surface area (Å²) in [6.07, 6.45) is 2.97. The molecule has 27 heavy (non-hydrogen) atoms. The minimum Gasteiger partial charge on any atom is -0.457 e. The van der Waals surface area contributed by atoms with Crippen LogP contribution in [0.1, 0.15) is 27.6 Å². The molecule has 0 aliphatic heterocycles. The van der Waals surface area contributed by atoms with Gasteiger partial charge in [-0.2, -0.15) is 0 Å². The molecule has 0 bridgehead atoms. The van der Waals surface area contributed by atoms with Crippen LogP contribution < -0.4 is 10.1 Å². The van der Waals surface area contributed by atoms with Crippen molar-refractivity contribution >= 4 is 17.3 Å². The van der Waals surface area contributed by atoms with Crippen molar-refractivity contribution in [3.05, 3.63) is 102 Å². The van der Waals surface area contributed by atoms with Gasteiger partial charge in [0.2, 0.25) is 0 Å². The normalized spacial score (nSPS) is 10.6. The minimum absolute atomic E-state index is 0.0353. The maximum atomic E-state index is 12.3. The Balaban J connectivity index is 1.63. The SMILES string of the molecule is CC(=O)c1ccccc1NC=CC(=O)c1ccc(Oc2ccccc2)cc1. The predicted molar refractivity (Wildman–Crippen MR) is 106 cm³/mol. The van der Waals surface area contributed by atoms with Gasteiger partial charge in [0, 0.05) is 29.1 Å². The second-order valence-corrected chi connectivity index (χ2v) is 5.88. The Morgan fingerprint density at radius 1 is 0.815 bits per heavy atom. The van der Waals surface area contributed by atoms with Crippen molar-refractivity contribution in [2.24, 2.45) is 0 Å². The number of allylic oxidation sites excluding steroid dienone is 1. The molecule has 0 aliphatic carbocycles. The third kappa shape index (κ3) is 4.92. The van der Waals surface area contributed by atoms with E-state index in [1.54, 1.807) is 48.7 Å². The fourth-order valence-corrected chi connectivity index (χ4v) is 2.53. The van der Waals surface area contributed by atoms with Crippen LogP contribution in [0.5, 0.6) is 11.5 Å². The van der Waals surface area contributed by atoms with E-state index in [1.807, 2.05) is 36.4 Å². The summed E-state index contributed by atoms with van der Waals surface area (Å²) in [6, 6.07) is 23.6. The monoisotopic (exact) mass is 357 g/mol. The second kappa shape index (κ2) is 8.63. The summed E-state index contributed by atoms with van der Waals surface area (Å²) >= 11 is 0. The fourth-order valence-electron chi connectivity index (χ4n) is 2.53. The lowest BCUT2D eigenvalue weighted by molar-refractivity contribution is 0.101. The van der Waals surface area contributed by atoms with Gasteiger partial charge >= 0.3 is 0 Å². The lowest BCUT2D eigenvalue weighted by Crippen LogP contribution is -2.00. The molecule has 1 N–H and O–H groups in total. The molecule has 0 saturated heterocycles. The van der Waals surface area contributed by atoms with Crippen molar-refractivity contribution in [3.63, 3.8) is 0 Å². The Kier molecular flexibility index (Phi) is 5.80. The van der Waals surface area contributed by atoms with Gasteiger partial charge in [0.25, 0.3) is 0 Å². The number of hydrogen-bond acceptors (Lipinski definition) is 4. The van der Waals surface area contributed by atoms with E-state index in [0.717, 1.165) is 5.75 Å². The molecule has 0 saturated carbocycles. The second-order valence-electron chi connectivity index (χ2n) is 5.88. The van der Waals surface area contributed by atoms with Crippen molar-refractivity contribution in [3.8, 4) is 11.5 Å². The zero-order chi connectivity index (χ0) is 19.1. The lowest BCUT2D eigenvalue weighted by Gasteiger charge is -2.06. The van der Waals surface area contributed by atoms with Gasteiger partial charge < -0.3 is 10.1 Å². The molecule has 0 spiro atoms. The standard InChI is InChI=1S/C23H19NO3/c1-17(25)21-9-5-6-10-22(21)24-16-15-23(26)18-11-13-20(14-12-18)27-19-7-3-2-4-8-19/h2-16,24H,1H3. The Morgan fingerprint density at radius 3 is 2.15 bits per heavy atom. The first-order chi connectivity index (χ1) is 13.1. The highest BCUT2D eigenvalue weighted by molar-refractivity contribution is 6.05. The number of ether oxygens (including phenoxy) is 1. The minimum atomic E-state index is -0.144. The maximum absolute atomic E-state index is 12.3. The molecule has 3 aromatic rings. The number of para-hydroxylation sites is 2. The van der Waals surface area contributed by atoms with Gasteiger partial charge in [-0.25, -0.2) is 0 Å². The van der Waals surface area contributed by atoms with Crippen LogP contribution in [0.4, 0.5) is 5.69 Å². The van der Waals surface area contributed by atoms with Gasteiger partial charge in [-0.05, 0) is 55.5 Å². The quantitative estimate of drug-likeness (QED) is 0.449. The molecule has 0 aliphatic rings. The zero-order valence-electron chi connectivity index (χ0n) is 14.9. The van der Waals surface area contributed by atoms with E-state index in [0.29, 0.717) is 22.6 Å². The Bertz CT molecular complexity index is 960. The van der Waals surface area contributed by atoms with Gasteiger partial charge in [-0.3, -0.25) is 9.59 Å². The molecule has 0 radical (unpaired) electrons. The number of Topliss-reactive ketones (excluding diaryl/α,β-unsaturated/α-hetero) is 1. The predicted octanol–water partition coefficient (Wildman–Crippen LogP) is 5.49. The summed E-state index contributed by atoms with van der Waals surface area (Å²) in [4.78, 5) is 23.9. The molecule has 3 rings (SSSR count). The van der Waals surface area contributed by atoms with Gasteiger partial charge in [0.1, 0.15) is 11.5 Å². The van der Waals surface area contributed by atoms with Crippen LogP contribution in [0.3, 0.4) is 0 Å². The average molecular weight is 357 g/mol. The maximum Gasteiger partial charge on any atom is 0.187 e. The summed E-state index contributed by atoms with van der Waals surface area (Å²) in [5.41, 5.74) is 1.80. The number of anilines is 1. The third-order valence-corrected chi connectivity index (χ3v) is 3.90. The number of carbonyl (C=O) groups is 2. The molecule has 3 aromatic carbocycles. The van der Waals surface area contributed by atoms with Crippen LogP contribution in [0.25, 0.3) is 0 Å². The number of rotatable bonds is 7. The molecule has 0 amide bonds. The van der Waals surface area contributed by atoms with Gasteiger partial charge in [-0.15, -0.1) is 0 Å². The van der Waals surface area contributed by atoms with Crippen LogP contribution in [0, 0.1) is 0 Å². The summed E-state index contributed by atoms with van der Waals surface area (Å²) < 4.78 is 5.71. The van der Waals surface area contributed by atoms with Crippen molar-refractivity contribution in [1.29, 1.82) is 0 Å². The van der Waals surface area contributed by atoms with Gasteiger partial charge in [0.15, 0.2) is 11.6 Å². The molecule has 0 fully saturated rings. The van der Waals surface area contributed by atoms with E-state index in [2.05, 4.69) is 5.32 Å². The number of hydrogen-bond donors (Lipinski definition) is 1. The van der Waals surface area contributed by atoms with Crippen LogP contribution >= 0.6 is 0 Å². The van der Waals surface area contributed by atoms with E-state index in [1.165, 1.54) is 13.0 Å². The van der Waals surface area contributed by atoms with Crippen molar-refractivity contribution < 1.29 is 14.3 Å². The number of benzene rings is 3. The first-order valence-electron chi connectivity index (χ1n) is 8.54. The van der Waals surface area contributed by atoms with Crippen LogP contribution in [0.2, 0.25) is 0 Å². The van der Waals surface area contributed by atoms with Gasteiger partial charge in [0.05, 0.1) is 0 Å². The van der Waals surface area contributed by atoms with Crippen molar-refractivity contribution in [2.75, 3.05) is 5.32 Å². The van der Waals surface area contributed by atoms with Crippen molar-refractivity contribution in [1.82, 2.24) is 0 Å². The van der Waals surface area contributed by atoms with Crippen LogP contribution in [-0.2, 0) is 0 Å². The highest BCUT2D eigenvalue weighted by Crippen LogP contribution is 2.21. The molecular weight excluding hydrogens is 338 g/mol. The molecule has 0 atom stereocenters. The van der Waals surface area contributed by atoms with E-state index < -0.39 is 0 Å². The largest absolute Gasteiger partial charge is 0.457 e. The van der Waals surface area contributed by atoms with E-state index >= 15 is 0 Å². The molecule has 134 valence electrons. The highest BCUT2D eigenvalue weighted by Gasteiger charge is 2.05. The summed E-state index contributed by atoms with van der Waals surface area (Å²) in [7, 11) is 0. The lowest BCUT2D eigenvalue weighted by atomic mass is 10.1. The first-order valence-corrected chi connectivity index (χ1v) is 8.54. The fraction of sp³-hybridized carbons (Fsp3) is 0.0435. The summed E-state index contributed by atoms with van der Waals surface area (Å²) in [5.74, 6) is 1.22. The molecular formula is C23H19NO3. The Labute approximate surface area is 158 Å². The Hall–Kier alpha value is -3.66. The van der Waals surface area contributed by atoms with E-state index in [9.17, 15) is 9.59 Å². The Morgan fingerprint density at radius 2 is 1.44 bits per heavy atom. The van der Waals surface area contributed by atoms with E-state index in [4.69, 9.17) is 4.74 Å². The number of nitrogens with one attached hydrogen (secondary N) is 1. The average Bonchev–Trinajstić information content (AvgIpc) is 2.69. The number of ketones is 2. The molecule has 4 nitrogen and oxygen atoms in total. The molecule has 4 heteroatoms. The van der Waals surface area contributed by atoms with Gasteiger partial charge in [-0.1, -0.05) is 30.3 Å². The zero-order valence-corrected chi connectivity index (χ0v) is 14.9. The van der Waals surface area contributed by atoms with Crippen LogP contribution in [-0.4, -0.2) is 11.6 Å². The summed E-state index contributed by atoms with van der Waals surface area (Å²) in [5, 5.41) is 2.99. The van der Waals surface area contributed by atoms with Crippen molar-refractivity contribution in [2.45, 2.75) is 6.92 Å². The first kappa shape index (κ1) is 18.1. The molecule has 0 aromatic heterocycles. The molecule has 0 heterocycles. The summed E-state index contributed by atoms with van der Waals surface area (Å²) in [6.45, 7) is 1.51. The topological polar surface area (TPSA) is 55.4 Å². The highest BCUT2D eigenvalue weighted by atomic mass is 16.5.